The van der Waals surface area contributed by atoms with Gasteiger partial charge < -0.3 is 5.32 Å². The van der Waals surface area contributed by atoms with Gasteiger partial charge in [-0.2, -0.15) is 0 Å². The van der Waals surface area contributed by atoms with Gasteiger partial charge in [-0.05, 0) is 18.1 Å². The number of rotatable bonds is 1. The second-order valence-corrected chi connectivity index (χ2v) is 6.21. The average Bonchev–Trinajstić information content (AvgIpc) is 2.17. The summed E-state index contributed by atoms with van der Waals surface area (Å²) in [6, 6.07) is 7.89. The molecule has 1 aromatic rings. The van der Waals surface area contributed by atoms with Gasteiger partial charge in [-0.3, -0.25) is 0 Å². The molecule has 1 saturated heterocycles. The molecule has 0 saturated carbocycles. The quantitative estimate of drug-likeness (QED) is 0.777. The van der Waals surface area contributed by atoms with E-state index in [1.807, 2.05) is 31.2 Å². The Balaban J connectivity index is 2.29. The molecule has 0 aromatic heterocycles. The maximum Gasteiger partial charge on any atom is 0.153 e. The molecule has 82 valence electrons. The van der Waals surface area contributed by atoms with E-state index >= 15 is 0 Å². The molecule has 1 aliphatic rings. The van der Waals surface area contributed by atoms with E-state index in [2.05, 4.69) is 5.32 Å². The molecule has 2 rings (SSSR count). The molecule has 1 aromatic carbocycles. The Labute approximate surface area is 90.4 Å². The van der Waals surface area contributed by atoms with E-state index < -0.39 is 9.84 Å². The molecular weight excluding hydrogens is 210 g/mol. The van der Waals surface area contributed by atoms with Crippen LogP contribution >= 0.6 is 0 Å². The fourth-order valence-corrected chi connectivity index (χ4v) is 3.36. The summed E-state index contributed by atoms with van der Waals surface area (Å²) in [4.78, 5) is 0. The lowest BCUT2D eigenvalue weighted by Crippen LogP contribution is -2.39. The summed E-state index contributed by atoms with van der Waals surface area (Å²) in [7, 11) is -2.86. The van der Waals surface area contributed by atoms with Gasteiger partial charge in [0.25, 0.3) is 0 Å². The Hall–Kier alpha value is -0.870. The van der Waals surface area contributed by atoms with Gasteiger partial charge in [-0.25, -0.2) is 8.42 Å². The number of sulfone groups is 1. The fraction of sp³-hybridized carbons (Fsp3) is 0.455. The van der Waals surface area contributed by atoms with E-state index in [0.29, 0.717) is 6.54 Å². The lowest BCUT2D eigenvalue weighted by atomic mass is 10.0. The minimum absolute atomic E-state index is 0.0371. The van der Waals surface area contributed by atoms with Gasteiger partial charge >= 0.3 is 0 Å². The van der Waals surface area contributed by atoms with Crippen LogP contribution in [0.15, 0.2) is 24.3 Å². The zero-order chi connectivity index (χ0) is 10.9. The van der Waals surface area contributed by atoms with Crippen molar-refractivity contribution in [2.75, 3.05) is 18.1 Å². The van der Waals surface area contributed by atoms with Crippen molar-refractivity contribution in [1.29, 1.82) is 0 Å². The Kier molecular flexibility index (Phi) is 2.80. The van der Waals surface area contributed by atoms with Crippen LogP contribution in [0, 0.1) is 6.92 Å². The van der Waals surface area contributed by atoms with E-state index in [9.17, 15) is 8.42 Å². The number of nitrogens with one attached hydrogen (secondary N) is 1. The summed E-state index contributed by atoms with van der Waals surface area (Å²) >= 11 is 0. The molecule has 0 amide bonds. The second kappa shape index (κ2) is 3.94. The summed E-state index contributed by atoms with van der Waals surface area (Å²) in [5.74, 6) is 0.479. The first-order valence-electron chi connectivity index (χ1n) is 5.08. The summed E-state index contributed by atoms with van der Waals surface area (Å²) in [6.45, 7) is 2.57. The van der Waals surface area contributed by atoms with Gasteiger partial charge in [0.1, 0.15) is 0 Å². The van der Waals surface area contributed by atoms with Crippen LogP contribution in [-0.2, 0) is 9.84 Å². The van der Waals surface area contributed by atoms with Crippen LogP contribution in [0.4, 0.5) is 0 Å². The van der Waals surface area contributed by atoms with Gasteiger partial charge in [0, 0.05) is 12.6 Å². The van der Waals surface area contributed by atoms with Crippen molar-refractivity contribution < 1.29 is 8.42 Å². The van der Waals surface area contributed by atoms with E-state index in [1.165, 1.54) is 0 Å². The minimum Gasteiger partial charge on any atom is -0.308 e. The number of benzene rings is 1. The first-order valence-corrected chi connectivity index (χ1v) is 6.90. The lowest BCUT2D eigenvalue weighted by molar-refractivity contribution is 0.530. The molecule has 1 aliphatic heterocycles. The van der Waals surface area contributed by atoms with Crippen molar-refractivity contribution in [1.82, 2.24) is 5.32 Å². The summed E-state index contributed by atoms with van der Waals surface area (Å²) < 4.78 is 23.0. The van der Waals surface area contributed by atoms with Crippen LogP contribution < -0.4 is 5.32 Å². The SMILES string of the molecule is Cc1ccccc1C1CS(=O)(=O)CCN1. The molecule has 1 unspecified atom stereocenters. The zero-order valence-electron chi connectivity index (χ0n) is 8.73. The highest BCUT2D eigenvalue weighted by Gasteiger charge is 2.25. The average molecular weight is 225 g/mol. The summed E-state index contributed by atoms with van der Waals surface area (Å²) in [5, 5.41) is 3.25. The molecule has 0 radical (unpaired) electrons. The predicted octanol–water partition coefficient (Wildman–Crippen LogP) is 1.05. The molecule has 1 N–H and O–H groups in total. The highest BCUT2D eigenvalue weighted by Crippen LogP contribution is 2.21. The van der Waals surface area contributed by atoms with Crippen LogP contribution in [-0.4, -0.2) is 26.5 Å². The molecule has 0 spiro atoms. The molecule has 4 heteroatoms. The van der Waals surface area contributed by atoms with Gasteiger partial charge in [0.15, 0.2) is 9.84 Å². The third-order valence-electron chi connectivity index (χ3n) is 2.79. The van der Waals surface area contributed by atoms with E-state index in [0.717, 1.165) is 11.1 Å². The molecule has 0 bridgehead atoms. The molecular formula is C11H15NO2S. The largest absolute Gasteiger partial charge is 0.308 e. The first-order chi connectivity index (χ1) is 7.08. The Morgan fingerprint density at radius 1 is 1.33 bits per heavy atom. The smallest absolute Gasteiger partial charge is 0.153 e. The monoisotopic (exact) mass is 225 g/mol. The fourth-order valence-electron chi connectivity index (χ4n) is 1.96. The Morgan fingerprint density at radius 2 is 2.07 bits per heavy atom. The van der Waals surface area contributed by atoms with Crippen molar-refractivity contribution >= 4 is 9.84 Å². The second-order valence-electron chi connectivity index (χ2n) is 3.98. The van der Waals surface area contributed by atoms with E-state index in [4.69, 9.17) is 0 Å². The Morgan fingerprint density at radius 3 is 2.73 bits per heavy atom. The summed E-state index contributed by atoms with van der Waals surface area (Å²) in [6.07, 6.45) is 0. The van der Waals surface area contributed by atoms with Crippen LogP contribution in [0.3, 0.4) is 0 Å². The normalized spacial score (nSPS) is 25.0. The van der Waals surface area contributed by atoms with E-state index in [1.54, 1.807) is 0 Å². The van der Waals surface area contributed by atoms with Crippen LogP contribution in [0.1, 0.15) is 17.2 Å². The molecule has 0 aliphatic carbocycles. The minimum atomic E-state index is -2.86. The summed E-state index contributed by atoms with van der Waals surface area (Å²) in [5.41, 5.74) is 2.24. The topological polar surface area (TPSA) is 46.2 Å². The van der Waals surface area contributed by atoms with Crippen LogP contribution in [0.2, 0.25) is 0 Å². The third-order valence-corrected chi connectivity index (χ3v) is 4.46. The zero-order valence-corrected chi connectivity index (χ0v) is 9.55. The van der Waals surface area contributed by atoms with Gasteiger partial charge in [0.2, 0.25) is 0 Å². The van der Waals surface area contributed by atoms with Crippen molar-refractivity contribution in [2.24, 2.45) is 0 Å². The maximum atomic E-state index is 11.5. The molecule has 15 heavy (non-hydrogen) atoms. The lowest BCUT2D eigenvalue weighted by Gasteiger charge is -2.25. The van der Waals surface area contributed by atoms with Crippen molar-refractivity contribution in [3.8, 4) is 0 Å². The Bertz CT molecular complexity index is 453. The first kappa shape index (κ1) is 10.6. The highest BCUT2D eigenvalue weighted by molar-refractivity contribution is 7.91. The molecule has 1 heterocycles. The van der Waals surface area contributed by atoms with E-state index in [-0.39, 0.29) is 17.5 Å². The highest BCUT2D eigenvalue weighted by atomic mass is 32.2. The van der Waals surface area contributed by atoms with Gasteiger partial charge in [0.05, 0.1) is 11.5 Å². The van der Waals surface area contributed by atoms with Crippen molar-refractivity contribution in [2.45, 2.75) is 13.0 Å². The number of hydrogen-bond acceptors (Lipinski definition) is 3. The standard InChI is InChI=1S/C11H15NO2S/c1-9-4-2-3-5-10(9)11-8-15(13,14)7-6-12-11/h2-5,11-12H,6-8H2,1H3. The van der Waals surface area contributed by atoms with Gasteiger partial charge in [-0.1, -0.05) is 24.3 Å². The number of aryl methyl sites for hydroxylation is 1. The van der Waals surface area contributed by atoms with Crippen molar-refractivity contribution in [3.63, 3.8) is 0 Å². The predicted molar refractivity (Wildman–Crippen MR) is 60.6 cm³/mol. The molecule has 3 nitrogen and oxygen atoms in total. The maximum absolute atomic E-state index is 11.5. The van der Waals surface area contributed by atoms with Crippen molar-refractivity contribution in [3.05, 3.63) is 35.4 Å². The van der Waals surface area contributed by atoms with Crippen LogP contribution in [0.5, 0.6) is 0 Å². The third kappa shape index (κ3) is 2.38. The van der Waals surface area contributed by atoms with Gasteiger partial charge in [-0.15, -0.1) is 0 Å². The van der Waals surface area contributed by atoms with Crippen LogP contribution in [0.25, 0.3) is 0 Å². The molecule has 1 fully saturated rings. The number of hydrogen-bond donors (Lipinski definition) is 1. The molecule has 1 atom stereocenters.